The minimum Gasteiger partial charge on any atom is -0.347 e. The van der Waals surface area contributed by atoms with E-state index >= 15 is 0 Å². The summed E-state index contributed by atoms with van der Waals surface area (Å²) in [5.74, 6) is 0.751. The van der Waals surface area contributed by atoms with Crippen molar-refractivity contribution in [2.75, 3.05) is 13.2 Å². The molecule has 108 valence electrons. The van der Waals surface area contributed by atoms with Crippen molar-refractivity contribution in [3.05, 3.63) is 11.9 Å². The second kappa shape index (κ2) is 7.60. The third-order valence-corrected chi connectivity index (χ3v) is 3.60. The number of nitrogens with zero attached hydrogens (tertiary/aromatic N) is 3. The molecular weight excluding hydrogens is 242 g/mol. The van der Waals surface area contributed by atoms with Crippen LogP contribution in [0.2, 0.25) is 0 Å². The van der Waals surface area contributed by atoms with E-state index in [4.69, 9.17) is 9.47 Å². The van der Waals surface area contributed by atoms with Gasteiger partial charge in [0.05, 0.1) is 6.20 Å². The van der Waals surface area contributed by atoms with Crippen molar-refractivity contribution in [2.45, 2.75) is 58.8 Å². The fourth-order valence-corrected chi connectivity index (χ4v) is 2.67. The Morgan fingerprint density at radius 3 is 2.53 bits per heavy atom. The van der Waals surface area contributed by atoms with Gasteiger partial charge in [0, 0.05) is 19.8 Å². The molecule has 0 N–H and O–H groups in total. The van der Waals surface area contributed by atoms with Crippen molar-refractivity contribution in [1.82, 2.24) is 15.0 Å². The Labute approximate surface area is 115 Å². The summed E-state index contributed by atoms with van der Waals surface area (Å²) in [5.41, 5.74) is 0.777. The summed E-state index contributed by atoms with van der Waals surface area (Å²) >= 11 is 0. The molecule has 0 aromatic carbocycles. The molecule has 1 aliphatic rings. The average molecular weight is 267 g/mol. The standard InChI is InChI=1S/C14H25N3O2/c1-3-18-14(19-4-2)13-11-17(16-15-13)10-12-8-6-5-7-9-12/h11-12,14H,3-10H2,1-2H3. The fraction of sp³-hybridized carbons (Fsp3) is 0.857. The Bertz CT molecular complexity index is 355. The number of aromatic nitrogens is 3. The number of hydrogen-bond acceptors (Lipinski definition) is 4. The van der Waals surface area contributed by atoms with Gasteiger partial charge in [-0.15, -0.1) is 5.10 Å². The molecule has 1 aromatic rings. The quantitative estimate of drug-likeness (QED) is 0.713. The van der Waals surface area contributed by atoms with E-state index in [2.05, 4.69) is 10.3 Å². The third kappa shape index (κ3) is 4.28. The molecule has 2 rings (SSSR count). The van der Waals surface area contributed by atoms with E-state index in [0.29, 0.717) is 13.2 Å². The summed E-state index contributed by atoms with van der Waals surface area (Å²) in [6.07, 6.45) is 8.31. The molecule has 1 saturated carbocycles. The zero-order chi connectivity index (χ0) is 13.5. The zero-order valence-corrected chi connectivity index (χ0v) is 12.0. The van der Waals surface area contributed by atoms with Gasteiger partial charge in [-0.3, -0.25) is 4.68 Å². The van der Waals surface area contributed by atoms with Gasteiger partial charge in [0.2, 0.25) is 6.29 Å². The van der Waals surface area contributed by atoms with Gasteiger partial charge in [-0.05, 0) is 32.6 Å². The summed E-state index contributed by atoms with van der Waals surface area (Å²) in [4.78, 5) is 0. The lowest BCUT2D eigenvalue weighted by Gasteiger charge is -2.20. The van der Waals surface area contributed by atoms with Crippen LogP contribution in [0.25, 0.3) is 0 Å². The first-order valence-electron chi connectivity index (χ1n) is 7.46. The van der Waals surface area contributed by atoms with Crippen LogP contribution >= 0.6 is 0 Å². The topological polar surface area (TPSA) is 49.2 Å². The Morgan fingerprint density at radius 2 is 1.89 bits per heavy atom. The molecule has 19 heavy (non-hydrogen) atoms. The lowest BCUT2D eigenvalue weighted by molar-refractivity contribution is -0.142. The number of hydrogen-bond donors (Lipinski definition) is 0. The summed E-state index contributed by atoms with van der Waals surface area (Å²) in [5, 5.41) is 8.38. The highest BCUT2D eigenvalue weighted by Crippen LogP contribution is 2.25. The van der Waals surface area contributed by atoms with Crippen molar-refractivity contribution >= 4 is 0 Å². The normalized spacial score (nSPS) is 17.2. The van der Waals surface area contributed by atoms with Gasteiger partial charge in [-0.1, -0.05) is 24.5 Å². The van der Waals surface area contributed by atoms with Crippen LogP contribution in [-0.2, 0) is 16.0 Å². The highest BCUT2D eigenvalue weighted by molar-refractivity contribution is 4.94. The Balaban J connectivity index is 1.92. The van der Waals surface area contributed by atoms with E-state index in [1.807, 2.05) is 24.7 Å². The van der Waals surface area contributed by atoms with E-state index in [0.717, 1.165) is 18.2 Å². The smallest absolute Gasteiger partial charge is 0.204 e. The minimum absolute atomic E-state index is 0.380. The molecule has 0 radical (unpaired) electrons. The van der Waals surface area contributed by atoms with Gasteiger partial charge in [0.25, 0.3) is 0 Å². The van der Waals surface area contributed by atoms with Gasteiger partial charge in [0.15, 0.2) is 0 Å². The van der Waals surface area contributed by atoms with E-state index in [9.17, 15) is 0 Å². The number of ether oxygens (including phenoxy) is 2. The maximum absolute atomic E-state index is 5.53. The molecule has 1 aliphatic carbocycles. The van der Waals surface area contributed by atoms with Gasteiger partial charge in [-0.2, -0.15) is 0 Å². The van der Waals surface area contributed by atoms with Gasteiger partial charge < -0.3 is 9.47 Å². The summed E-state index contributed by atoms with van der Waals surface area (Å²) in [6.45, 7) is 6.11. The lowest BCUT2D eigenvalue weighted by Crippen LogP contribution is -2.14. The molecule has 1 heterocycles. The zero-order valence-electron chi connectivity index (χ0n) is 12.0. The van der Waals surface area contributed by atoms with Crippen LogP contribution in [0.5, 0.6) is 0 Å². The second-order valence-electron chi connectivity index (χ2n) is 5.11. The first-order valence-corrected chi connectivity index (χ1v) is 7.46. The average Bonchev–Trinajstić information content (AvgIpc) is 2.88. The van der Waals surface area contributed by atoms with Crippen LogP contribution in [0.3, 0.4) is 0 Å². The highest BCUT2D eigenvalue weighted by Gasteiger charge is 2.18. The van der Waals surface area contributed by atoms with Gasteiger partial charge >= 0.3 is 0 Å². The van der Waals surface area contributed by atoms with Crippen molar-refractivity contribution in [3.63, 3.8) is 0 Å². The van der Waals surface area contributed by atoms with Crippen LogP contribution in [0.4, 0.5) is 0 Å². The van der Waals surface area contributed by atoms with Crippen molar-refractivity contribution in [3.8, 4) is 0 Å². The SMILES string of the molecule is CCOC(OCC)c1cn(CC2CCCCC2)nn1. The molecule has 1 aromatic heterocycles. The van der Waals surface area contributed by atoms with E-state index in [-0.39, 0.29) is 6.29 Å². The van der Waals surface area contributed by atoms with Crippen molar-refractivity contribution in [1.29, 1.82) is 0 Å². The molecule has 0 bridgehead atoms. The molecule has 0 unspecified atom stereocenters. The second-order valence-corrected chi connectivity index (χ2v) is 5.11. The lowest BCUT2D eigenvalue weighted by atomic mass is 9.89. The predicted molar refractivity (Wildman–Crippen MR) is 72.6 cm³/mol. The summed E-state index contributed by atoms with van der Waals surface area (Å²) < 4.78 is 13.0. The van der Waals surface area contributed by atoms with E-state index in [1.165, 1.54) is 32.1 Å². The van der Waals surface area contributed by atoms with Crippen molar-refractivity contribution < 1.29 is 9.47 Å². The maximum Gasteiger partial charge on any atom is 0.204 e. The molecule has 0 saturated heterocycles. The molecule has 0 spiro atoms. The Morgan fingerprint density at radius 1 is 1.21 bits per heavy atom. The molecule has 5 nitrogen and oxygen atoms in total. The van der Waals surface area contributed by atoms with Gasteiger partial charge in [-0.25, -0.2) is 0 Å². The fourth-order valence-electron chi connectivity index (χ4n) is 2.67. The summed E-state index contributed by atoms with van der Waals surface area (Å²) in [6, 6.07) is 0. The van der Waals surface area contributed by atoms with E-state index < -0.39 is 0 Å². The number of rotatable bonds is 7. The van der Waals surface area contributed by atoms with Crippen molar-refractivity contribution in [2.24, 2.45) is 5.92 Å². The van der Waals surface area contributed by atoms with E-state index in [1.54, 1.807) is 0 Å². The molecule has 0 amide bonds. The Hall–Kier alpha value is -0.940. The molecule has 1 fully saturated rings. The monoisotopic (exact) mass is 267 g/mol. The highest BCUT2D eigenvalue weighted by atomic mass is 16.7. The largest absolute Gasteiger partial charge is 0.347 e. The predicted octanol–water partition coefficient (Wildman–Crippen LogP) is 2.93. The Kier molecular flexibility index (Phi) is 5.79. The molecule has 0 atom stereocenters. The first-order chi connectivity index (χ1) is 9.33. The minimum atomic E-state index is -0.380. The first kappa shape index (κ1) is 14.5. The third-order valence-electron chi connectivity index (χ3n) is 3.60. The maximum atomic E-state index is 5.53. The molecule has 5 heteroatoms. The van der Waals surface area contributed by atoms with Crippen LogP contribution in [0.1, 0.15) is 57.9 Å². The van der Waals surface area contributed by atoms with Crippen LogP contribution in [0.15, 0.2) is 6.20 Å². The van der Waals surface area contributed by atoms with Crippen LogP contribution < -0.4 is 0 Å². The summed E-state index contributed by atoms with van der Waals surface area (Å²) in [7, 11) is 0. The molecular formula is C14H25N3O2. The van der Waals surface area contributed by atoms with Crippen LogP contribution in [0, 0.1) is 5.92 Å². The molecule has 0 aliphatic heterocycles. The van der Waals surface area contributed by atoms with Gasteiger partial charge in [0.1, 0.15) is 5.69 Å². The van der Waals surface area contributed by atoms with Crippen LogP contribution in [-0.4, -0.2) is 28.2 Å².